The second-order valence-electron chi connectivity index (χ2n) is 4.95. The average molecular weight is 300 g/mol. The fourth-order valence-electron chi connectivity index (χ4n) is 2.47. The first kappa shape index (κ1) is 14.7. The highest BCUT2D eigenvalue weighted by molar-refractivity contribution is 6.30. The summed E-state index contributed by atoms with van der Waals surface area (Å²) in [5, 5.41) is 20.8. The summed E-state index contributed by atoms with van der Waals surface area (Å²) >= 11 is 5.86. The van der Waals surface area contributed by atoms with Crippen molar-refractivity contribution in [2.45, 2.75) is 19.3 Å². The maximum absolute atomic E-state index is 11.6. The molecule has 1 fully saturated rings. The van der Waals surface area contributed by atoms with E-state index in [9.17, 15) is 20.0 Å². The SMILES string of the molecule is O=C(O)C1(Cc2cc(Cl)ccc2[N+](=O)[O-])CCCOC1. The minimum absolute atomic E-state index is 0.0409. The first-order valence-corrected chi connectivity index (χ1v) is 6.56. The van der Waals surface area contributed by atoms with Crippen molar-refractivity contribution < 1.29 is 19.6 Å². The fraction of sp³-hybridized carbons (Fsp3) is 0.462. The topological polar surface area (TPSA) is 89.7 Å². The molecule has 7 heteroatoms. The predicted molar refractivity (Wildman–Crippen MR) is 71.9 cm³/mol. The molecular formula is C13H14ClNO5. The van der Waals surface area contributed by atoms with Gasteiger partial charge in [0, 0.05) is 23.3 Å². The van der Waals surface area contributed by atoms with Gasteiger partial charge in [0.25, 0.3) is 5.69 Å². The number of carboxylic acid groups (broad SMARTS) is 1. The molecule has 0 radical (unpaired) electrons. The molecule has 0 amide bonds. The number of carboxylic acids is 1. The number of benzene rings is 1. The fourth-order valence-corrected chi connectivity index (χ4v) is 2.67. The third-order valence-corrected chi connectivity index (χ3v) is 3.78. The van der Waals surface area contributed by atoms with Crippen molar-refractivity contribution in [2.24, 2.45) is 5.41 Å². The monoisotopic (exact) mass is 299 g/mol. The van der Waals surface area contributed by atoms with Crippen LogP contribution in [0.25, 0.3) is 0 Å². The Bertz CT molecular complexity index is 540. The number of hydrogen-bond acceptors (Lipinski definition) is 4. The Kier molecular flexibility index (Phi) is 4.25. The van der Waals surface area contributed by atoms with Crippen molar-refractivity contribution in [1.29, 1.82) is 0 Å². The molecule has 0 spiro atoms. The number of rotatable bonds is 4. The van der Waals surface area contributed by atoms with E-state index < -0.39 is 16.3 Å². The standard InChI is InChI=1S/C13H14ClNO5/c14-10-2-3-11(15(18)19)9(6-10)7-13(12(16)17)4-1-5-20-8-13/h2-3,6H,1,4-5,7-8H2,(H,16,17). The summed E-state index contributed by atoms with van der Waals surface area (Å²) in [4.78, 5) is 22.1. The molecule has 1 aromatic carbocycles. The molecule has 108 valence electrons. The summed E-state index contributed by atoms with van der Waals surface area (Å²) < 4.78 is 5.27. The second kappa shape index (κ2) is 5.76. The van der Waals surface area contributed by atoms with Gasteiger partial charge in [-0.1, -0.05) is 11.6 Å². The van der Waals surface area contributed by atoms with Crippen molar-refractivity contribution in [3.63, 3.8) is 0 Å². The first-order chi connectivity index (χ1) is 9.44. The lowest BCUT2D eigenvalue weighted by Crippen LogP contribution is -2.41. The first-order valence-electron chi connectivity index (χ1n) is 6.19. The molecule has 1 aromatic rings. The van der Waals surface area contributed by atoms with Crippen LogP contribution in [-0.4, -0.2) is 29.2 Å². The number of ether oxygens (including phenoxy) is 1. The Hall–Kier alpha value is -1.66. The van der Waals surface area contributed by atoms with E-state index in [1.54, 1.807) is 0 Å². The van der Waals surface area contributed by atoms with Crippen LogP contribution in [-0.2, 0) is 16.0 Å². The van der Waals surface area contributed by atoms with Crippen LogP contribution in [0.1, 0.15) is 18.4 Å². The Morgan fingerprint density at radius 3 is 2.85 bits per heavy atom. The van der Waals surface area contributed by atoms with E-state index in [2.05, 4.69) is 0 Å². The highest BCUT2D eigenvalue weighted by Gasteiger charge is 2.42. The zero-order chi connectivity index (χ0) is 14.8. The van der Waals surface area contributed by atoms with Crippen molar-refractivity contribution in [3.05, 3.63) is 38.9 Å². The van der Waals surface area contributed by atoms with Gasteiger partial charge in [0.2, 0.25) is 0 Å². The van der Waals surface area contributed by atoms with Gasteiger partial charge in [-0.3, -0.25) is 14.9 Å². The summed E-state index contributed by atoms with van der Waals surface area (Å²) in [6.45, 7) is 0.582. The van der Waals surface area contributed by atoms with Gasteiger partial charge in [-0.15, -0.1) is 0 Å². The van der Waals surface area contributed by atoms with Crippen molar-refractivity contribution in [2.75, 3.05) is 13.2 Å². The van der Waals surface area contributed by atoms with E-state index in [1.807, 2.05) is 0 Å². The maximum atomic E-state index is 11.6. The Labute approximate surface area is 120 Å². The van der Waals surface area contributed by atoms with Crippen LogP contribution in [0.4, 0.5) is 5.69 Å². The van der Waals surface area contributed by atoms with Gasteiger partial charge < -0.3 is 9.84 Å². The molecule has 1 heterocycles. The van der Waals surface area contributed by atoms with E-state index in [0.29, 0.717) is 30.0 Å². The smallest absolute Gasteiger partial charge is 0.312 e. The van der Waals surface area contributed by atoms with E-state index in [1.165, 1.54) is 18.2 Å². The zero-order valence-corrected chi connectivity index (χ0v) is 11.4. The van der Waals surface area contributed by atoms with Crippen molar-refractivity contribution in [3.8, 4) is 0 Å². The molecule has 1 saturated heterocycles. The van der Waals surface area contributed by atoms with E-state index in [-0.39, 0.29) is 18.7 Å². The molecule has 0 saturated carbocycles. The minimum Gasteiger partial charge on any atom is -0.481 e. The molecule has 1 aliphatic heterocycles. The van der Waals surface area contributed by atoms with Crippen LogP contribution in [0.2, 0.25) is 5.02 Å². The van der Waals surface area contributed by atoms with Gasteiger partial charge in [-0.05, 0) is 31.4 Å². The lowest BCUT2D eigenvalue weighted by molar-refractivity contribution is -0.385. The number of carbonyl (C=O) groups is 1. The van der Waals surface area contributed by atoms with Crippen molar-refractivity contribution >= 4 is 23.3 Å². The van der Waals surface area contributed by atoms with Gasteiger partial charge >= 0.3 is 5.97 Å². The number of nitro benzene ring substituents is 1. The molecule has 0 aliphatic carbocycles. The number of halogens is 1. The molecule has 0 bridgehead atoms. The summed E-state index contributed by atoms with van der Waals surface area (Å²) in [5.74, 6) is -0.994. The summed E-state index contributed by atoms with van der Waals surface area (Å²) in [7, 11) is 0. The number of nitro groups is 1. The Morgan fingerprint density at radius 1 is 1.55 bits per heavy atom. The van der Waals surface area contributed by atoms with Crippen LogP contribution >= 0.6 is 11.6 Å². The van der Waals surface area contributed by atoms with Gasteiger partial charge in [0.1, 0.15) is 0 Å². The molecule has 1 aliphatic rings. The van der Waals surface area contributed by atoms with Crippen LogP contribution in [0.15, 0.2) is 18.2 Å². The highest BCUT2D eigenvalue weighted by Crippen LogP contribution is 2.36. The van der Waals surface area contributed by atoms with E-state index in [4.69, 9.17) is 16.3 Å². The normalized spacial score (nSPS) is 22.4. The van der Waals surface area contributed by atoms with Crippen LogP contribution < -0.4 is 0 Å². The molecule has 1 N–H and O–H groups in total. The molecule has 2 rings (SSSR count). The quantitative estimate of drug-likeness (QED) is 0.682. The van der Waals surface area contributed by atoms with Crippen molar-refractivity contribution in [1.82, 2.24) is 0 Å². The Morgan fingerprint density at radius 2 is 2.30 bits per heavy atom. The highest BCUT2D eigenvalue weighted by atomic mass is 35.5. The van der Waals surface area contributed by atoms with Gasteiger partial charge in [0.15, 0.2) is 0 Å². The summed E-state index contributed by atoms with van der Waals surface area (Å²) in [5.41, 5.74) is -0.899. The average Bonchev–Trinajstić information content (AvgIpc) is 2.39. The Balaban J connectivity index is 2.38. The lowest BCUT2D eigenvalue weighted by Gasteiger charge is -2.32. The predicted octanol–water partition coefficient (Wildman–Crippen LogP) is 2.67. The number of nitrogens with zero attached hydrogens (tertiary/aromatic N) is 1. The van der Waals surface area contributed by atoms with Gasteiger partial charge in [-0.2, -0.15) is 0 Å². The van der Waals surface area contributed by atoms with Gasteiger partial charge in [-0.25, -0.2) is 0 Å². The molecule has 0 aromatic heterocycles. The lowest BCUT2D eigenvalue weighted by atomic mass is 9.77. The third kappa shape index (κ3) is 2.91. The van der Waals surface area contributed by atoms with E-state index in [0.717, 1.165) is 0 Å². The van der Waals surface area contributed by atoms with Crippen LogP contribution in [0, 0.1) is 15.5 Å². The van der Waals surface area contributed by atoms with Crippen LogP contribution in [0.3, 0.4) is 0 Å². The number of hydrogen-bond donors (Lipinski definition) is 1. The summed E-state index contributed by atoms with van der Waals surface area (Å²) in [6.07, 6.45) is 1.10. The van der Waals surface area contributed by atoms with E-state index >= 15 is 0 Å². The molecule has 6 nitrogen and oxygen atoms in total. The molecular weight excluding hydrogens is 286 g/mol. The largest absolute Gasteiger partial charge is 0.481 e. The molecule has 1 atom stereocenters. The maximum Gasteiger partial charge on any atom is 0.312 e. The summed E-state index contributed by atoms with van der Waals surface area (Å²) in [6, 6.07) is 4.18. The van der Waals surface area contributed by atoms with Crippen LogP contribution in [0.5, 0.6) is 0 Å². The molecule has 20 heavy (non-hydrogen) atoms. The molecule has 1 unspecified atom stereocenters. The zero-order valence-electron chi connectivity index (χ0n) is 10.7. The third-order valence-electron chi connectivity index (χ3n) is 3.54. The minimum atomic E-state index is -1.12. The van der Waals surface area contributed by atoms with Gasteiger partial charge in [0.05, 0.1) is 16.9 Å². The number of aliphatic carboxylic acids is 1. The second-order valence-corrected chi connectivity index (χ2v) is 5.38.